The van der Waals surface area contributed by atoms with Crippen molar-refractivity contribution in [3.05, 3.63) is 93.8 Å². The first-order chi connectivity index (χ1) is 18.1. The van der Waals surface area contributed by atoms with Crippen molar-refractivity contribution in [2.24, 2.45) is 4.99 Å². The molecular weight excluding hydrogens is 554 g/mol. The number of amidine groups is 1. The van der Waals surface area contributed by atoms with Crippen molar-refractivity contribution in [3.8, 4) is 5.75 Å². The molecule has 0 aliphatic carbocycles. The maximum absolute atomic E-state index is 13.5. The Morgan fingerprint density at radius 3 is 2.43 bits per heavy atom. The van der Waals surface area contributed by atoms with E-state index in [1.807, 2.05) is 78.9 Å². The van der Waals surface area contributed by atoms with Gasteiger partial charge in [-0.05, 0) is 75.7 Å². The molecule has 37 heavy (non-hydrogen) atoms. The van der Waals surface area contributed by atoms with Crippen molar-refractivity contribution < 1.29 is 19.1 Å². The summed E-state index contributed by atoms with van der Waals surface area (Å²) in [5.74, 6) is 0.352. The number of aliphatic imine (C=N–C) groups is 1. The smallest absolute Gasteiger partial charge is 0.271 e. The highest BCUT2D eigenvalue weighted by molar-refractivity contribution is 9.10. The predicted molar refractivity (Wildman–Crippen MR) is 150 cm³/mol. The number of halogens is 1. The molecule has 0 saturated carbocycles. The van der Waals surface area contributed by atoms with Gasteiger partial charge in [0.2, 0.25) is 0 Å². The zero-order chi connectivity index (χ0) is 25.6. The predicted octanol–water partition coefficient (Wildman–Crippen LogP) is 5.50. The van der Waals surface area contributed by atoms with Crippen LogP contribution in [0.4, 0.5) is 11.4 Å². The topological polar surface area (TPSA) is 71.4 Å². The third-order valence-electron chi connectivity index (χ3n) is 5.77. The van der Waals surface area contributed by atoms with Crippen molar-refractivity contribution in [2.75, 3.05) is 37.8 Å². The van der Waals surface area contributed by atoms with Crippen molar-refractivity contribution in [1.82, 2.24) is 4.90 Å². The number of para-hydroxylation sites is 2. The summed E-state index contributed by atoms with van der Waals surface area (Å²) in [7, 11) is 0. The molecule has 0 unspecified atom stereocenters. The van der Waals surface area contributed by atoms with E-state index in [0.29, 0.717) is 46.6 Å². The van der Waals surface area contributed by atoms with Gasteiger partial charge < -0.3 is 14.4 Å². The van der Waals surface area contributed by atoms with E-state index in [4.69, 9.17) is 14.5 Å². The quantitative estimate of drug-likeness (QED) is 0.362. The van der Waals surface area contributed by atoms with Crippen molar-refractivity contribution >= 4 is 62.1 Å². The first-order valence-electron chi connectivity index (χ1n) is 11.8. The van der Waals surface area contributed by atoms with Crippen LogP contribution in [0.15, 0.2) is 93.2 Å². The van der Waals surface area contributed by atoms with Crippen LogP contribution in [0.25, 0.3) is 6.08 Å². The fraction of sp³-hybridized carbons (Fsp3) is 0.179. The number of carbonyl (C=O) groups is 2. The lowest BCUT2D eigenvalue weighted by molar-refractivity contribution is -0.137. The summed E-state index contributed by atoms with van der Waals surface area (Å²) in [4.78, 5) is 34.5. The first-order valence-corrected chi connectivity index (χ1v) is 13.4. The molecule has 188 valence electrons. The molecule has 2 aliphatic rings. The Labute approximate surface area is 227 Å². The number of hydrogen-bond acceptors (Lipinski definition) is 6. The third-order valence-corrected chi connectivity index (χ3v) is 7.36. The van der Waals surface area contributed by atoms with Crippen LogP contribution in [0.3, 0.4) is 0 Å². The summed E-state index contributed by atoms with van der Waals surface area (Å²) in [5, 5.41) is 0.592. The number of carbonyl (C=O) groups excluding carboxylic acids is 2. The Balaban J connectivity index is 1.35. The standard InChI is InChI=1S/C28H24BrN3O4S/c29-23-17-20(11-12-24(23)36-19-26(33)31-13-15-35-16-14-31)18-25-27(34)32(22-9-5-2-6-10-22)28(37-25)30-21-7-3-1-4-8-21/h1-12,17-18H,13-16,19H2/b25-18-,30-28?. The number of benzene rings is 3. The lowest BCUT2D eigenvalue weighted by Crippen LogP contribution is -2.43. The van der Waals surface area contributed by atoms with Crippen LogP contribution in [0.2, 0.25) is 0 Å². The zero-order valence-electron chi connectivity index (χ0n) is 19.9. The lowest BCUT2D eigenvalue weighted by atomic mass is 10.2. The van der Waals surface area contributed by atoms with Gasteiger partial charge in [-0.3, -0.25) is 14.5 Å². The molecule has 5 rings (SSSR count). The Hall–Kier alpha value is -3.40. The van der Waals surface area contributed by atoms with Gasteiger partial charge in [-0.2, -0.15) is 0 Å². The van der Waals surface area contributed by atoms with E-state index in [1.54, 1.807) is 15.9 Å². The molecule has 0 atom stereocenters. The molecule has 2 saturated heterocycles. The van der Waals surface area contributed by atoms with Crippen LogP contribution < -0.4 is 9.64 Å². The van der Waals surface area contributed by atoms with Gasteiger partial charge in [0.25, 0.3) is 11.8 Å². The summed E-state index contributed by atoms with van der Waals surface area (Å²) in [5.41, 5.74) is 2.35. The third kappa shape index (κ3) is 6.12. The van der Waals surface area contributed by atoms with Crippen LogP contribution in [0.5, 0.6) is 5.75 Å². The molecule has 2 aliphatic heterocycles. The van der Waals surface area contributed by atoms with Crippen LogP contribution in [-0.2, 0) is 14.3 Å². The van der Waals surface area contributed by atoms with Gasteiger partial charge in [0.15, 0.2) is 11.8 Å². The molecule has 2 fully saturated rings. The number of rotatable bonds is 6. The number of morpholine rings is 1. The van der Waals surface area contributed by atoms with E-state index >= 15 is 0 Å². The monoisotopic (exact) mass is 577 g/mol. The van der Waals surface area contributed by atoms with Gasteiger partial charge >= 0.3 is 0 Å². The molecule has 9 heteroatoms. The summed E-state index contributed by atoms with van der Waals surface area (Å²) in [6.07, 6.45) is 1.84. The number of amides is 2. The van der Waals surface area contributed by atoms with E-state index in [0.717, 1.165) is 16.9 Å². The van der Waals surface area contributed by atoms with E-state index < -0.39 is 0 Å². The Bertz CT molecular complexity index is 1340. The molecule has 7 nitrogen and oxygen atoms in total. The normalized spacial score (nSPS) is 18.0. The number of ether oxygens (including phenoxy) is 2. The van der Waals surface area contributed by atoms with E-state index in [2.05, 4.69) is 15.9 Å². The Morgan fingerprint density at radius 1 is 1.03 bits per heavy atom. The second-order valence-electron chi connectivity index (χ2n) is 8.29. The summed E-state index contributed by atoms with van der Waals surface area (Å²) >= 11 is 4.87. The van der Waals surface area contributed by atoms with Gasteiger partial charge in [-0.15, -0.1) is 0 Å². The van der Waals surface area contributed by atoms with Crippen molar-refractivity contribution in [2.45, 2.75) is 0 Å². The van der Waals surface area contributed by atoms with Gasteiger partial charge in [0.1, 0.15) is 5.75 Å². The molecule has 3 aromatic rings. The van der Waals surface area contributed by atoms with E-state index in [1.165, 1.54) is 11.8 Å². The Kier molecular flexibility index (Phi) is 8.03. The number of hydrogen-bond donors (Lipinski definition) is 0. The molecule has 0 radical (unpaired) electrons. The minimum atomic E-state index is -0.140. The molecule has 0 aromatic heterocycles. The van der Waals surface area contributed by atoms with Crippen molar-refractivity contribution in [1.29, 1.82) is 0 Å². The molecule has 0 spiro atoms. The second kappa shape index (κ2) is 11.8. The molecule has 3 aromatic carbocycles. The highest BCUT2D eigenvalue weighted by atomic mass is 79.9. The summed E-state index contributed by atoms with van der Waals surface area (Å²) in [6.45, 7) is 2.22. The van der Waals surface area contributed by atoms with Crippen LogP contribution >= 0.6 is 27.7 Å². The number of thioether (sulfide) groups is 1. The average molecular weight is 578 g/mol. The van der Waals surface area contributed by atoms with Gasteiger partial charge in [-0.25, -0.2) is 4.99 Å². The highest BCUT2D eigenvalue weighted by Crippen LogP contribution is 2.38. The zero-order valence-corrected chi connectivity index (χ0v) is 22.3. The minimum absolute atomic E-state index is 0.0429. The number of anilines is 1. The lowest BCUT2D eigenvalue weighted by Gasteiger charge is -2.26. The minimum Gasteiger partial charge on any atom is -0.483 e. The largest absolute Gasteiger partial charge is 0.483 e. The van der Waals surface area contributed by atoms with Gasteiger partial charge in [0.05, 0.1) is 34.0 Å². The number of nitrogens with zero attached hydrogens (tertiary/aromatic N) is 3. The average Bonchev–Trinajstić information content (AvgIpc) is 3.23. The van der Waals surface area contributed by atoms with Gasteiger partial charge in [-0.1, -0.05) is 42.5 Å². The maximum Gasteiger partial charge on any atom is 0.271 e. The van der Waals surface area contributed by atoms with E-state index in [-0.39, 0.29) is 18.4 Å². The van der Waals surface area contributed by atoms with Crippen molar-refractivity contribution in [3.63, 3.8) is 0 Å². The second-order valence-corrected chi connectivity index (χ2v) is 10.2. The van der Waals surface area contributed by atoms with E-state index in [9.17, 15) is 9.59 Å². The molecular formula is C28H24BrN3O4S. The Morgan fingerprint density at radius 2 is 1.73 bits per heavy atom. The fourth-order valence-corrected chi connectivity index (χ4v) is 5.40. The van der Waals surface area contributed by atoms with Gasteiger partial charge in [0, 0.05) is 13.1 Å². The summed E-state index contributed by atoms with van der Waals surface area (Å²) in [6, 6.07) is 24.6. The summed E-state index contributed by atoms with van der Waals surface area (Å²) < 4.78 is 11.7. The van der Waals surface area contributed by atoms with Crippen LogP contribution in [0.1, 0.15) is 5.56 Å². The molecule has 0 N–H and O–H groups in total. The van der Waals surface area contributed by atoms with Crippen LogP contribution in [-0.4, -0.2) is 54.8 Å². The molecule has 2 amide bonds. The first kappa shape index (κ1) is 25.3. The fourth-order valence-electron chi connectivity index (χ4n) is 3.89. The SMILES string of the molecule is O=C(COc1ccc(/C=C2\SC(=Nc3ccccc3)N(c3ccccc3)C2=O)cc1Br)N1CCOCC1. The maximum atomic E-state index is 13.5. The molecule has 2 heterocycles. The highest BCUT2D eigenvalue weighted by Gasteiger charge is 2.34. The molecule has 0 bridgehead atoms. The van der Waals surface area contributed by atoms with Crippen LogP contribution in [0, 0.1) is 0 Å².